The molecule has 3 rings (SSSR count). The summed E-state index contributed by atoms with van der Waals surface area (Å²) < 4.78 is 52.8. The molecular weight excluding hydrogens is 903 g/mol. The molecule has 0 bridgehead atoms. The Morgan fingerprint density at radius 3 is 1.68 bits per heavy atom. The predicted molar refractivity (Wildman–Crippen MR) is 257 cm³/mol. The summed E-state index contributed by atoms with van der Waals surface area (Å²) in [5.41, 5.74) is 3.13. The van der Waals surface area contributed by atoms with Crippen LogP contribution in [0.2, 0.25) is 0 Å². The van der Waals surface area contributed by atoms with Gasteiger partial charge in [0.05, 0.1) is 47.6 Å². The van der Waals surface area contributed by atoms with Crippen molar-refractivity contribution in [1.29, 1.82) is 5.26 Å². The number of nitro groups is 1. The Bertz CT molecular complexity index is 2530. The largest absolute Gasteiger partial charge is 0.465 e. The zero-order valence-corrected chi connectivity index (χ0v) is 41.4. The summed E-state index contributed by atoms with van der Waals surface area (Å²) in [6.45, 7) is 20.7. The lowest BCUT2D eigenvalue weighted by Crippen LogP contribution is -2.34. The Morgan fingerprint density at radius 1 is 0.812 bits per heavy atom. The number of benzene rings is 2. The summed E-state index contributed by atoms with van der Waals surface area (Å²) in [5.74, 6) is 9.29. The molecule has 3 N–H and O–H groups in total. The van der Waals surface area contributed by atoms with Crippen molar-refractivity contribution in [3.8, 4) is 54.4 Å². The minimum Gasteiger partial charge on any atom is -0.465 e. The van der Waals surface area contributed by atoms with Crippen LogP contribution in [0.4, 0.5) is 41.2 Å². The molecule has 18 nitrogen and oxygen atoms in total. The maximum Gasteiger partial charge on any atom is 0.414 e. The Morgan fingerprint density at radius 2 is 1.29 bits per heavy atom. The highest BCUT2D eigenvalue weighted by atomic mass is 19.1. The van der Waals surface area contributed by atoms with E-state index in [1.807, 2.05) is 13.8 Å². The van der Waals surface area contributed by atoms with Crippen LogP contribution in [0.3, 0.4) is 0 Å². The van der Waals surface area contributed by atoms with Gasteiger partial charge in [0, 0.05) is 25.5 Å². The molecule has 1 unspecified atom stereocenters. The van der Waals surface area contributed by atoms with Crippen molar-refractivity contribution in [2.75, 3.05) is 49.4 Å². The number of nitrogen functional groups attached to an aromatic ring is 1. The number of fused-ring (bicyclic) bond motifs is 1. The van der Waals surface area contributed by atoms with Gasteiger partial charge in [0.15, 0.2) is 5.92 Å². The van der Waals surface area contributed by atoms with Crippen molar-refractivity contribution in [2.24, 2.45) is 0 Å². The van der Waals surface area contributed by atoms with Gasteiger partial charge in [-0.15, -0.1) is 24.7 Å². The zero-order chi connectivity index (χ0) is 53.8. The number of carbonyl (C=O) groups excluding carboxylic acids is 5. The van der Waals surface area contributed by atoms with E-state index in [-0.39, 0.29) is 48.1 Å². The van der Waals surface area contributed by atoms with Crippen LogP contribution in [0, 0.1) is 81.4 Å². The molecule has 0 spiro atoms. The van der Waals surface area contributed by atoms with Gasteiger partial charge in [-0.05, 0) is 113 Å². The molecule has 20 heteroatoms. The quantitative estimate of drug-likeness (QED) is 0.0633. The second-order valence-corrected chi connectivity index (χ2v) is 15.2. The molecule has 1 heterocycles. The number of nitriles is 1. The normalized spacial score (nSPS) is 10.1. The van der Waals surface area contributed by atoms with Crippen LogP contribution in [0.5, 0.6) is 0 Å². The lowest BCUT2D eigenvalue weighted by molar-refractivity contribution is -0.384. The number of amides is 2. The number of aromatic nitrogens is 1. The molecule has 0 saturated carbocycles. The van der Waals surface area contributed by atoms with Crippen LogP contribution < -0.4 is 15.5 Å². The number of ether oxygens (including phenoxy) is 5. The number of H-pyrrole nitrogens is 1. The van der Waals surface area contributed by atoms with E-state index in [0.717, 1.165) is 29.0 Å². The molecule has 1 atom stereocenters. The van der Waals surface area contributed by atoms with Gasteiger partial charge < -0.3 is 34.4 Å². The number of anilines is 3. The summed E-state index contributed by atoms with van der Waals surface area (Å²) in [6.07, 6.45) is 7.97. The molecule has 0 aliphatic rings. The van der Waals surface area contributed by atoms with Gasteiger partial charge in [0.1, 0.15) is 46.3 Å². The van der Waals surface area contributed by atoms with E-state index in [2.05, 4.69) is 45.2 Å². The smallest absolute Gasteiger partial charge is 0.414 e. The van der Waals surface area contributed by atoms with Crippen LogP contribution in [0.1, 0.15) is 111 Å². The van der Waals surface area contributed by atoms with Crippen LogP contribution >= 0.6 is 0 Å². The molecule has 1 aromatic heterocycles. The number of nitro benzene ring substituents is 1. The van der Waals surface area contributed by atoms with E-state index in [0.29, 0.717) is 18.2 Å². The first kappa shape index (κ1) is 62.8. The Balaban J connectivity index is 0. The van der Waals surface area contributed by atoms with Gasteiger partial charge in [-0.2, -0.15) is 5.26 Å². The van der Waals surface area contributed by atoms with Crippen LogP contribution in [-0.2, 0) is 33.3 Å². The molecule has 0 fully saturated rings. The highest BCUT2D eigenvalue weighted by Crippen LogP contribution is 2.38. The third-order valence-electron chi connectivity index (χ3n) is 7.65. The second-order valence-electron chi connectivity index (χ2n) is 15.2. The molecule has 0 saturated heterocycles. The first-order valence-corrected chi connectivity index (χ1v) is 20.7. The lowest BCUT2D eigenvalue weighted by Gasteiger charge is -2.25. The number of esters is 3. The molecule has 0 aliphatic carbocycles. The van der Waals surface area contributed by atoms with Gasteiger partial charge in [-0.3, -0.25) is 29.5 Å². The van der Waals surface area contributed by atoms with Gasteiger partial charge in [0.25, 0.3) is 5.69 Å². The fraction of sp³-hybridized carbons (Fsp3) is 0.429. The number of aromatic amines is 1. The fourth-order valence-corrected chi connectivity index (χ4v) is 4.93. The highest BCUT2D eigenvalue weighted by Gasteiger charge is 2.36. The van der Waals surface area contributed by atoms with Crippen LogP contribution in [0.15, 0.2) is 24.3 Å². The van der Waals surface area contributed by atoms with Gasteiger partial charge >= 0.3 is 30.1 Å². The SMILES string of the molecule is C#CC#CC.C#CCC(=O)OCC.CC#CC.CCOC(=O)C(C#N)c1cc(F)cc(N(C)C(=O)OC(C)(C)C)c1[N+](=O)[O-].CCOC(=O)c1c(N)[nH]c2c(N(C)C(=O)OC(C)(C)C)cc(F)cc12. The number of rotatable bonds is 10. The monoisotopic (exact) mass is 962 g/mol. The van der Waals surface area contributed by atoms with Gasteiger partial charge in [0.2, 0.25) is 0 Å². The zero-order valence-electron chi connectivity index (χ0n) is 41.4. The van der Waals surface area contributed by atoms with Crippen molar-refractivity contribution >= 4 is 63.9 Å². The molecule has 0 radical (unpaired) electrons. The number of nitrogens with one attached hydrogen (secondary N) is 1. The number of halogens is 2. The standard InChI is InChI=1S/C17H20FN3O6.C17H22FN3O4.C6H8O2.C5H4.C4H6/c1-6-26-15(22)12(9-19)11-7-10(18)8-13(14(11)21(24)25)20(5)16(23)27-17(2,3)4;1-6-24-15(22)12-10-7-9(18)8-11(13(10)20-14(12)19)21(5)16(23)25-17(2,3)4;1-3-5-6(7)8-4-2;1-3-5-4-2;1-3-4-2/h7-8,12H,6H2,1-5H3;7-8,20H,6,19H2,1-5H3;1H,4-5H2,2H3;1H,2H3;1-2H3. The Kier molecular flexibility index (Phi) is 28.1. The third-order valence-corrected chi connectivity index (χ3v) is 7.65. The summed E-state index contributed by atoms with van der Waals surface area (Å²) in [4.78, 5) is 74.3. The molecule has 372 valence electrons. The number of nitrogens with two attached hydrogens (primary N) is 1. The molecule has 3 aromatic rings. The van der Waals surface area contributed by atoms with E-state index >= 15 is 0 Å². The van der Waals surface area contributed by atoms with Gasteiger partial charge in [-0.1, -0.05) is 11.8 Å². The first-order chi connectivity index (χ1) is 32.1. The van der Waals surface area contributed by atoms with Crippen LogP contribution in [0.25, 0.3) is 10.9 Å². The van der Waals surface area contributed by atoms with E-state index in [1.165, 1.54) is 20.0 Å². The number of hydrogen-bond acceptors (Lipinski definition) is 14. The minimum atomic E-state index is -1.73. The molecule has 0 aliphatic heterocycles. The summed E-state index contributed by atoms with van der Waals surface area (Å²) in [5, 5.41) is 21.1. The maximum atomic E-state index is 14.1. The van der Waals surface area contributed by atoms with E-state index in [4.69, 9.17) is 37.5 Å². The Hall–Kier alpha value is -8.28. The minimum absolute atomic E-state index is 0.0372. The maximum absolute atomic E-state index is 14.1. The van der Waals surface area contributed by atoms with E-state index in [9.17, 15) is 48.1 Å². The van der Waals surface area contributed by atoms with E-state index < -0.39 is 74.7 Å². The summed E-state index contributed by atoms with van der Waals surface area (Å²) in [7, 11) is 2.61. The average Bonchev–Trinajstić information content (AvgIpc) is 3.58. The first-order valence-electron chi connectivity index (χ1n) is 20.7. The molecular formula is C49H60F2N6O12. The fourth-order valence-electron chi connectivity index (χ4n) is 4.93. The molecule has 69 heavy (non-hydrogen) atoms. The van der Waals surface area contributed by atoms with Crippen LogP contribution in [-0.4, -0.2) is 85.1 Å². The number of terminal acetylenes is 2. The predicted octanol–water partition coefficient (Wildman–Crippen LogP) is 8.96. The summed E-state index contributed by atoms with van der Waals surface area (Å²) in [6, 6.07) is 5.37. The number of carbonyl (C=O) groups is 5. The van der Waals surface area contributed by atoms with E-state index in [1.54, 1.807) is 68.4 Å². The topological polar surface area (TPSA) is 247 Å². The molecule has 2 aromatic carbocycles. The van der Waals surface area contributed by atoms with Gasteiger partial charge in [-0.25, -0.2) is 23.2 Å². The highest BCUT2D eigenvalue weighted by molar-refractivity contribution is 6.13. The number of hydrogen-bond donors (Lipinski definition) is 2. The average molecular weight is 963 g/mol. The number of nitrogens with zero attached hydrogens (tertiary/aromatic N) is 4. The molecule has 2 amide bonds. The van der Waals surface area contributed by atoms with Crippen molar-refractivity contribution in [3.05, 3.63) is 57.1 Å². The van der Waals surface area contributed by atoms with Crippen molar-refractivity contribution in [1.82, 2.24) is 4.98 Å². The van der Waals surface area contributed by atoms with Crippen molar-refractivity contribution in [2.45, 2.75) is 107 Å². The lowest BCUT2D eigenvalue weighted by atomic mass is 9.97. The third kappa shape index (κ3) is 22.2. The van der Waals surface area contributed by atoms with Crippen molar-refractivity contribution in [3.63, 3.8) is 0 Å². The summed E-state index contributed by atoms with van der Waals surface area (Å²) >= 11 is 0. The van der Waals surface area contributed by atoms with Crippen molar-refractivity contribution < 1.29 is 61.4 Å². The second kappa shape index (κ2) is 30.8. The Labute approximate surface area is 402 Å².